The average Bonchev–Trinajstić information content (AvgIpc) is 3.28. The third kappa shape index (κ3) is 3.41. The van der Waals surface area contributed by atoms with Gasteiger partial charge in [0.2, 0.25) is 0 Å². The lowest BCUT2D eigenvalue weighted by molar-refractivity contribution is 0.102. The zero-order valence-corrected chi connectivity index (χ0v) is 15.9. The maximum atomic E-state index is 12.6. The SMILES string of the molecule is Cc1cc(C(=O)CSc2nnc(C3CC3)n2-c2ccccc2)c(C)s1. The summed E-state index contributed by atoms with van der Waals surface area (Å²) < 4.78 is 2.11. The maximum Gasteiger partial charge on any atom is 0.196 e. The molecule has 1 fully saturated rings. The largest absolute Gasteiger partial charge is 0.293 e. The molecule has 0 atom stereocenters. The summed E-state index contributed by atoms with van der Waals surface area (Å²) in [7, 11) is 0. The van der Waals surface area contributed by atoms with Crippen molar-refractivity contribution in [2.75, 3.05) is 5.75 Å². The van der Waals surface area contributed by atoms with Crippen LogP contribution in [0.15, 0.2) is 41.6 Å². The van der Waals surface area contributed by atoms with Gasteiger partial charge in [0.05, 0.1) is 5.75 Å². The number of nitrogens with zero attached hydrogens (tertiary/aromatic N) is 3. The highest BCUT2D eigenvalue weighted by Gasteiger charge is 2.31. The second-order valence-corrected chi connectivity index (χ2v) is 8.73. The van der Waals surface area contributed by atoms with Crippen molar-refractivity contribution in [1.29, 1.82) is 0 Å². The maximum absolute atomic E-state index is 12.6. The lowest BCUT2D eigenvalue weighted by Gasteiger charge is -2.09. The van der Waals surface area contributed by atoms with Crippen LogP contribution in [0, 0.1) is 13.8 Å². The number of aryl methyl sites for hydroxylation is 2. The monoisotopic (exact) mass is 369 g/mol. The molecule has 0 saturated heterocycles. The Morgan fingerprint density at radius 1 is 1.24 bits per heavy atom. The van der Waals surface area contributed by atoms with E-state index in [9.17, 15) is 4.79 Å². The molecule has 2 heterocycles. The van der Waals surface area contributed by atoms with Crippen LogP contribution in [-0.4, -0.2) is 26.3 Å². The first kappa shape index (κ1) is 16.5. The molecule has 25 heavy (non-hydrogen) atoms. The topological polar surface area (TPSA) is 47.8 Å². The lowest BCUT2D eigenvalue weighted by Crippen LogP contribution is -2.05. The van der Waals surface area contributed by atoms with Crippen LogP contribution in [0.25, 0.3) is 5.69 Å². The first-order valence-electron chi connectivity index (χ1n) is 8.37. The van der Waals surface area contributed by atoms with Crippen LogP contribution < -0.4 is 0 Å². The fraction of sp³-hybridized carbons (Fsp3) is 0.316. The van der Waals surface area contributed by atoms with Crippen LogP contribution in [0.2, 0.25) is 0 Å². The molecule has 0 unspecified atom stereocenters. The molecule has 4 rings (SSSR count). The number of hydrogen-bond donors (Lipinski definition) is 0. The second-order valence-electron chi connectivity index (χ2n) is 6.32. The summed E-state index contributed by atoms with van der Waals surface area (Å²) in [5.41, 5.74) is 1.90. The summed E-state index contributed by atoms with van der Waals surface area (Å²) in [5.74, 6) is 2.05. The number of para-hydroxylation sites is 1. The van der Waals surface area contributed by atoms with Crippen LogP contribution in [0.5, 0.6) is 0 Å². The van der Waals surface area contributed by atoms with E-state index in [1.54, 1.807) is 11.3 Å². The molecule has 2 aromatic heterocycles. The Morgan fingerprint density at radius 2 is 2.00 bits per heavy atom. The Bertz CT molecular complexity index is 910. The van der Waals surface area contributed by atoms with Crippen molar-refractivity contribution >= 4 is 28.9 Å². The number of Topliss-reactive ketones (excluding diaryl/α,β-unsaturated/α-hetero) is 1. The number of rotatable bonds is 6. The molecule has 1 aliphatic rings. The highest BCUT2D eigenvalue weighted by molar-refractivity contribution is 7.99. The van der Waals surface area contributed by atoms with Gasteiger partial charge in [0.25, 0.3) is 0 Å². The van der Waals surface area contributed by atoms with Gasteiger partial charge in [-0.15, -0.1) is 21.5 Å². The van der Waals surface area contributed by atoms with Gasteiger partial charge in [-0.25, -0.2) is 0 Å². The lowest BCUT2D eigenvalue weighted by atomic mass is 10.2. The standard InChI is InChI=1S/C19H19N3OS2/c1-12-10-16(13(2)25-12)17(23)11-24-19-21-20-18(14-8-9-14)22(19)15-6-4-3-5-7-15/h3-7,10,14H,8-9,11H2,1-2H3. The van der Waals surface area contributed by atoms with Crippen LogP contribution >= 0.6 is 23.1 Å². The third-order valence-electron chi connectivity index (χ3n) is 4.29. The molecule has 0 spiro atoms. The Balaban J connectivity index is 1.59. The van der Waals surface area contributed by atoms with Crippen LogP contribution in [0.1, 0.15) is 44.7 Å². The van der Waals surface area contributed by atoms with Gasteiger partial charge in [-0.1, -0.05) is 30.0 Å². The number of carbonyl (C=O) groups excluding carboxylic acids is 1. The average molecular weight is 370 g/mol. The van der Waals surface area contributed by atoms with E-state index in [2.05, 4.69) is 26.9 Å². The third-order valence-corrected chi connectivity index (χ3v) is 6.18. The fourth-order valence-corrected chi connectivity index (χ4v) is 4.70. The number of aromatic nitrogens is 3. The predicted octanol–water partition coefficient (Wildman–Crippen LogP) is 4.80. The molecule has 0 N–H and O–H groups in total. The number of hydrogen-bond acceptors (Lipinski definition) is 5. The number of carbonyl (C=O) groups is 1. The summed E-state index contributed by atoms with van der Waals surface area (Å²) >= 11 is 3.15. The summed E-state index contributed by atoms with van der Waals surface area (Å²) in [4.78, 5) is 14.8. The summed E-state index contributed by atoms with van der Waals surface area (Å²) in [6.07, 6.45) is 2.34. The number of ketones is 1. The van der Waals surface area contributed by atoms with Crippen molar-refractivity contribution in [1.82, 2.24) is 14.8 Å². The van der Waals surface area contributed by atoms with Crippen molar-refractivity contribution in [3.63, 3.8) is 0 Å². The van der Waals surface area contributed by atoms with Crippen molar-refractivity contribution in [2.45, 2.75) is 37.8 Å². The molecule has 3 aromatic rings. The molecule has 1 aromatic carbocycles. The van der Waals surface area contributed by atoms with E-state index in [4.69, 9.17) is 0 Å². The van der Waals surface area contributed by atoms with E-state index in [-0.39, 0.29) is 5.78 Å². The normalized spacial score (nSPS) is 14.0. The Kier molecular flexibility index (Phi) is 4.48. The first-order chi connectivity index (χ1) is 12.1. The van der Waals surface area contributed by atoms with E-state index < -0.39 is 0 Å². The Morgan fingerprint density at radius 3 is 2.64 bits per heavy atom. The molecule has 1 aliphatic carbocycles. The van der Waals surface area contributed by atoms with Gasteiger partial charge >= 0.3 is 0 Å². The van der Waals surface area contributed by atoms with Gasteiger partial charge in [0.15, 0.2) is 10.9 Å². The number of thioether (sulfide) groups is 1. The fourth-order valence-electron chi connectivity index (χ4n) is 2.92. The predicted molar refractivity (Wildman–Crippen MR) is 102 cm³/mol. The quantitative estimate of drug-likeness (QED) is 0.463. The minimum atomic E-state index is 0.155. The van der Waals surface area contributed by atoms with Crippen molar-refractivity contribution in [2.24, 2.45) is 0 Å². The molecule has 128 valence electrons. The summed E-state index contributed by atoms with van der Waals surface area (Å²) in [6.45, 7) is 4.04. The summed E-state index contributed by atoms with van der Waals surface area (Å²) in [6, 6.07) is 12.1. The van der Waals surface area contributed by atoms with E-state index in [0.717, 1.165) is 27.1 Å². The molecule has 0 radical (unpaired) electrons. The van der Waals surface area contributed by atoms with Gasteiger partial charge in [-0.05, 0) is 44.9 Å². The molecule has 4 nitrogen and oxygen atoms in total. The molecule has 6 heteroatoms. The van der Waals surface area contributed by atoms with Gasteiger partial charge in [0.1, 0.15) is 5.82 Å². The van der Waals surface area contributed by atoms with E-state index in [0.29, 0.717) is 11.7 Å². The smallest absolute Gasteiger partial charge is 0.196 e. The second kappa shape index (κ2) is 6.77. The van der Waals surface area contributed by atoms with Crippen molar-refractivity contribution in [3.05, 3.63) is 57.5 Å². The number of thiophene rings is 1. The van der Waals surface area contributed by atoms with Gasteiger partial charge < -0.3 is 0 Å². The minimum absolute atomic E-state index is 0.155. The van der Waals surface area contributed by atoms with Gasteiger partial charge in [-0.3, -0.25) is 9.36 Å². The van der Waals surface area contributed by atoms with Crippen molar-refractivity contribution < 1.29 is 4.79 Å². The van der Waals surface area contributed by atoms with Gasteiger partial charge in [0, 0.05) is 26.9 Å². The zero-order chi connectivity index (χ0) is 17.4. The zero-order valence-electron chi connectivity index (χ0n) is 14.2. The number of benzene rings is 1. The van der Waals surface area contributed by atoms with E-state index in [1.807, 2.05) is 38.1 Å². The van der Waals surface area contributed by atoms with Crippen LogP contribution in [0.4, 0.5) is 0 Å². The Hall–Kier alpha value is -1.92. The Labute approximate surface area is 155 Å². The molecule has 1 saturated carbocycles. The molecular formula is C19H19N3OS2. The molecule has 0 amide bonds. The molecule has 0 aliphatic heterocycles. The van der Waals surface area contributed by atoms with E-state index >= 15 is 0 Å². The highest BCUT2D eigenvalue weighted by atomic mass is 32.2. The summed E-state index contributed by atoms with van der Waals surface area (Å²) in [5, 5.41) is 9.58. The highest BCUT2D eigenvalue weighted by Crippen LogP contribution is 2.41. The first-order valence-corrected chi connectivity index (χ1v) is 10.2. The van der Waals surface area contributed by atoms with Crippen molar-refractivity contribution in [3.8, 4) is 5.69 Å². The minimum Gasteiger partial charge on any atom is -0.293 e. The van der Waals surface area contributed by atoms with Crippen LogP contribution in [0.3, 0.4) is 0 Å². The van der Waals surface area contributed by atoms with E-state index in [1.165, 1.54) is 29.5 Å². The van der Waals surface area contributed by atoms with Crippen LogP contribution in [-0.2, 0) is 0 Å². The molecule has 0 bridgehead atoms. The van der Waals surface area contributed by atoms with Gasteiger partial charge in [-0.2, -0.15) is 0 Å². The molecular weight excluding hydrogens is 350 g/mol.